The highest BCUT2D eigenvalue weighted by Crippen LogP contribution is 2.07. The second kappa shape index (κ2) is 7.48. The van der Waals surface area contributed by atoms with E-state index in [2.05, 4.69) is 47.6 Å². The molecule has 2 rings (SSSR count). The Morgan fingerprint density at radius 2 is 1.50 bits per heavy atom. The Morgan fingerprint density at radius 3 is 1.83 bits per heavy atom. The number of nitrogens with zero attached hydrogens (tertiary/aromatic N) is 4. The number of hydrogen-bond acceptors (Lipinski definition) is 4. The Labute approximate surface area is 109 Å². The van der Waals surface area contributed by atoms with E-state index >= 15 is 0 Å². The van der Waals surface area contributed by atoms with Crippen molar-refractivity contribution in [2.45, 2.75) is 39.5 Å². The number of aromatic nitrogens is 4. The lowest BCUT2D eigenvalue weighted by molar-refractivity contribution is 0.774. The van der Waals surface area contributed by atoms with Crippen LogP contribution in [0.25, 0.3) is 0 Å². The monoisotopic (exact) mass is 244 g/mol. The van der Waals surface area contributed by atoms with Crippen LogP contribution in [0.2, 0.25) is 0 Å². The van der Waals surface area contributed by atoms with E-state index in [0.717, 1.165) is 11.5 Å². The van der Waals surface area contributed by atoms with Gasteiger partial charge in [-0.25, -0.2) is 19.9 Å². The van der Waals surface area contributed by atoms with E-state index in [4.69, 9.17) is 0 Å². The summed E-state index contributed by atoms with van der Waals surface area (Å²) in [5.41, 5.74) is 1.10. The summed E-state index contributed by atoms with van der Waals surface area (Å²) in [7, 11) is 0. The summed E-state index contributed by atoms with van der Waals surface area (Å²) >= 11 is 0. The molecule has 0 spiro atoms. The average molecular weight is 244 g/mol. The minimum atomic E-state index is 0.436. The quantitative estimate of drug-likeness (QED) is 0.814. The van der Waals surface area contributed by atoms with Crippen LogP contribution in [-0.4, -0.2) is 19.9 Å². The highest BCUT2D eigenvalue weighted by molar-refractivity contribution is 5.02. The highest BCUT2D eigenvalue weighted by Gasteiger charge is 1.97. The molecule has 0 aliphatic carbocycles. The summed E-state index contributed by atoms with van der Waals surface area (Å²) in [4.78, 5) is 16.0. The van der Waals surface area contributed by atoms with Gasteiger partial charge < -0.3 is 0 Å². The van der Waals surface area contributed by atoms with Crippen molar-refractivity contribution in [3.8, 4) is 0 Å². The van der Waals surface area contributed by atoms with Crippen LogP contribution in [0.3, 0.4) is 0 Å². The van der Waals surface area contributed by atoms with E-state index in [9.17, 15) is 0 Å². The molecule has 0 aromatic carbocycles. The fourth-order valence-electron chi connectivity index (χ4n) is 1.25. The maximum atomic E-state index is 4.07. The summed E-state index contributed by atoms with van der Waals surface area (Å²) < 4.78 is 0. The Morgan fingerprint density at radius 1 is 0.833 bits per heavy atom. The minimum absolute atomic E-state index is 0.436. The van der Waals surface area contributed by atoms with Crippen molar-refractivity contribution in [3.63, 3.8) is 0 Å². The van der Waals surface area contributed by atoms with Gasteiger partial charge in [0.25, 0.3) is 0 Å². The Bertz CT molecular complexity index is 383. The van der Waals surface area contributed by atoms with Crippen molar-refractivity contribution in [2.75, 3.05) is 0 Å². The van der Waals surface area contributed by atoms with E-state index in [1.165, 1.54) is 0 Å². The van der Waals surface area contributed by atoms with Gasteiger partial charge in [0.1, 0.15) is 12.2 Å². The molecule has 0 radical (unpaired) electrons. The third-order valence-corrected chi connectivity index (χ3v) is 2.30. The molecule has 0 N–H and O–H groups in total. The zero-order valence-corrected chi connectivity index (χ0v) is 11.4. The molecule has 2 aromatic rings. The fraction of sp³-hybridized carbons (Fsp3) is 0.429. The van der Waals surface area contributed by atoms with Crippen molar-refractivity contribution in [2.24, 2.45) is 0 Å². The Balaban J connectivity index is 0.000000180. The topological polar surface area (TPSA) is 51.6 Å². The van der Waals surface area contributed by atoms with Crippen molar-refractivity contribution >= 4 is 0 Å². The highest BCUT2D eigenvalue weighted by atomic mass is 14.9. The predicted molar refractivity (Wildman–Crippen MR) is 72.2 cm³/mol. The zero-order chi connectivity index (χ0) is 13.4. The van der Waals surface area contributed by atoms with E-state index in [1.54, 1.807) is 24.9 Å². The van der Waals surface area contributed by atoms with Gasteiger partial charge in [0.15, 0.2) is 0 Å². The molecule has 0 unspecified atom stereocenters. The summed E-state index contributed by atoms with van der Waals surface area (Å²) in [6, 6.07) is 3.76. The molecule has 0 bridgehead atoms. The summed E-state index contributed by atoms with van der Waals surface area (Å²) in [6.45, 7) is 8.38. The van der Waals surface area contributed by atoms with Gasteiger partial charge in [0, 0.05) is 30.2 Å². The van der Waals surface area contributed by atoms with Gasteiger partial charge in [-0.3, -0.25) is 0 Å². The van der Waals surface area contributed by atoms with Crippen LogP contribution < -0.4 is 0 Å². The molecule has 0 saturated carbocycles. The SMILES string of the molecule is CC(C)c1ccncn1.CC(C)c1ncccn1. The van der Waals surface area contributed by atoms with Crippen LogP contribution in [0.5, 0.6) is 0 Å². The van der Waals surface area contributed by atoms with Crippen molar-refractivity contribution in [1.82, 2.24) is 19.9 Å². The van der Waals surface area contributed by atoms with E-state index in [0.29, 0.717) is 11.8 Å². The first-order valence-electron chi connectivity index (χ1n) is 6.14. The van der Waals surface area contributed by atoms with Crippen LogP contribution >= 0.6 is 0 Å². The van der Waals surface area contributed by atoms with Crippen LogP contribution in [-0.2, 0) is 0 Å². The lowest BCUT2D eigenvalue weighted by Crippen LogP contribution is -1.93. The molecule has 18 heavy (non-hydrogen) atoms. The second-order valence-corrected chi connectivity index (χ2v) is 4.55. The average Bonchev–Trinajstić information content (AvgIpc) is 2.41. The molecule has 4 nitrogen and oxygen atoms in total. The van der Waals surface area contributed by atoms with Gasteiger partial charge in [0.05, 0.1) is 0 Å². The summed E-state index contributed by atoms with van der Waals surface area (Å²) in [6.07, 6.45) is 6.88. The van der Waals surface area contributed by atoms with Gasteiger partial charge >= 0.3 is 0 Å². The van der Waals surface area contributed by atoms with Gasteiger partial charge in [-0.05, 0) is 18.1 Å². The largest absolute Gasteiger partial charge is 0.245 e. The molecule has 0 saturated heterocycles. The van der Waals surface area contributed by atoms with Gasteiger partial charge in [-0.2, -0.15) is 0 Å². The molecule has 0 aliphatic rings. The molecule has 96 valence electrons. The minimum Gasteiger partial charge on any atom is -0.245 e. The Kier molecular flexibility index (Phi) is 5.91. The molecule has 4 heteroatoms. The molecule has 0 fully saturated rings. The maximum absolute atomic E-state index is 4.07. The van der Waals surface area contributed by atoms with E-state index < -0.39 is 0 Å². The first-order valence-corrected chi connectivity index (χ1v) is 6.14. The lowest BCUT2D eigenvalue weighted by Gasteiger charge is -1.99. The van der Waals surface area contributed by atoms with E-state index in [-0.39, 0.29) is 0 Å². The molecule has 2 aromatic heterocycles. The molecule has 0 aliphatic heterocycles. The zero-order valence-electron chi connectivity index (χ0n) is 11.4. The first kappa shape index (κ1) is 14.2. The number of rotatable bonds is 2. The molecule has 0 amide bonds. The smallest absolute Gasteiger partial charge is 0.130 e. The van der Waals surface area contributed by atoms with E-state index in [1.807, 2.05) is 12.1 Å². The fourth-order valence-corrected chi connectivity index (χ4v) is 1.25. The molecular weight excluding hydrogens is 224 g/mol. The predicted octanol–water partition coefficient (Wildman–Crippen LogP) is 3.20. The second-order valence-electron chi connectivity index (χ2n) is 4.55. The standard InChI is InChI=1S/2C7H10N2/c1-6(2)7-3-4-8-5-9-7;1-6(2)7-8-4-3-5-9-7/h2*3-6H,1-2H3. The van der Waals surface area contributed by atoms with Gasteiger partial charge in [-0.15, -0.1) is 0 Å². The van der Waals surface area contributed by atoms with Crippen molar-refractivity contribution in [1.29, 1.82) is 0 Å². The van der Waals surface area contributed by atoms with Crippen LogP contribution in [0, 0.1) is 0 Å². The summed E-state index contributed by atoms with van der Waals surface area (Å²) in [5.74, 6) is 1.86. The number of hydrogen-bond donors (Lipinski definition) is 0. The van der Waals surface area contributed by atoms with Crippen LogP contribution in [0.15, 0.2) is 37.1 Å². The third kappa shape index (κ3) is 4.99. The summed E-state index contributed by atoms with van der Waals surface area (Å²) in [5, 5.41) is 0. The Hall–Kier alpha value is -1.84. The van der Waals surface area contributed by atoms with Crippen molar-refractivity contribution < 1.29 is 0 Å². The van der Waals surface area contributed by atoms with Crippen molar-refractivity contribution in [3.05, 3.63) is 48.6 Å². The molecule has 0 atom stereocenters. The first-order chi connectivity index (χ1) is 8.61. The van der Waals surface area contributed by atoms with Gasteiger partial charge in [0.2, 0.25) is 0 Å². The molecular formula is C14H20N4. The molecule has 2 heterocycles. The maximum Gasteiger partial charge on any atom is 0.130 e. The normalized spacial score (nSPS) is 10.1. The van der Waals surface area contributed by atoms with Crippen LogP contribution in [0.1, 0.15) is 51.0 Å². The third-order valence-electron chi connectivity index (χ3n) is 2.30. The van der Waals surface area contributed by atoms with Gasteiger partial charge in [-0.1, -0.05) is 27.7 Å². The van der Waals surface area contributed by atoms with Crippen LogP contribution in [0.4, 0.5) is 0 Å². The lowest BCUT2D eigenvalue weighted by atomic mass is 10.1.